The first kappa shape index (κ1) is 18.4. The summed E-state index contributed by atoms with van der Waals surface area (Å²) in [6.45, 7) is 4.85. The monoisotopic (exact) mass is 334 g/mol. The lowest BCUT2D eigenvalue weighted by Gasteiger charge is -2.33. The number of amides is 1. The second-order valence-corrected chi connectivity index (χ2v) is 6.64. The van der Waals surface area contributed by atoms with Gasteiger partial charge in [0, 0.05) is 24.7 Å². The summed E-state index contributed by atoms with van der Waals surface area (Å²) in [5, 5.41) is 21.8. The number of carbonyl (C=O) groups excluding carboxylic acids is 1. The second kappa shape index (κ2) is 7.75. The molecule has 24 heavy (non-hydrogen) atoms. The van der Waals surface area contributed by atoms with Crippen LogP contribution >= 0.6 is 0 Å². The molecule has 1 aromatic carbocycles. The molecule has 1 amide bonds. The Morgan fingerprint density at radius 2 is 2.00 bits per heavy atom. The van der Waals surface area contributed by atoms with Crippen LogP contribution in [0.15, 0.2) is 18.2 Å². The number of nitrogens with zero attached hydrogens (tertiary/aromatic N) is 2. The first-order valence-corrected chi connectivity index (χ1v) is 8.65. The average Bonchev–Trinajstić information content (AvgIpc) is 2.53. The molecule has 6 heteroatoms. The minimum absolute atomic E-state index is 0.0726. The number of hydrogen-bond acceptors (Lipinski definition) is 4. The Kier molecular flexibility index (Phi) is 5.94. The molecule has 0 atom stereocenters. The van der Waals surface area contributed by atoms with Crippen molar-refractivity contribution < 1.29 is 14.8 Å². The van der Waals surface area contributed by atoms with E-state index >= 15 is 0 Å². The number of fused-ring (bicyclic) bond motifs is 1. The summed E-state index contributed by atoms with van der Waals surface area (Å²) in [4.78, 5) is 25.1. The molecule has 0 unspecified atom stereocenters. The zero-order chi connectivity index (χ0) is 17.7. The molecule has 0 radical (unpaired) electrons. The van der Waals surface area contributed by atoms with Gasteiger partial charge in [0.15, 0.2) is 0 Å². The van der Waals surface area contributed by atoms with Gasteiger partial charge >= 0.3 is 0 Å². The number of aliphatic hydroxyl groups is 1. The van der Waals surface area contributed by atoms with Crippen LogP contribution in [0, 0.1) is 10.1 Å². The Morgan fingerprint density at radius 1 is 1.33 bits per heavy atom. The van der Waals surface area contributed by atoms with Crippen LogP contribution < -0.4 is 0 Å². The van der Waals surface area contributed by atoms with E-state index in [1.165, 1.54) is 6.07 Å². The lowest BCUT2D eigenvalue weighted by atomic mass is 9.88. The third-order valence-corrected chi connectivity index (χ3v) is 4.70. The number of benzene rings is 1. The molecule has 6 nitrogen and oxygen atoms in total. The minimum atomic E-state index is -0.941. The van der Waals surface area contributed by atoms with E-state index in [0.717, 1.165) is 24.0 Å². The molecule has 0 saturated carbocycles. The molecule has 1 aromatic rings. The number of hydrogen-bond donors (Lipinski definition) is 1. The van der Waals surface area contributed by atoms with Crippen molar-refractivity contribution in [2.75, 3.05) is 6.54 Å². The highest BCUT2D eigenvalue weighted by Gasteiger charge is 2.32. The highest BCUT2D eigenvalue weighted by Crippen LogP contribution is 2.30. The van der Waals surface area contributed by atoms with Crippen LogP contribution in [0.5, 0.6) is 0 Å². The van der Waals surface area contributed by atoms with E-state index in [1.807, 2.05) is 19.9 Å². The van der Waals surface area contributed by atoms with Crippen LogP contribution in [-0.4, -0.2) is 33.0 Å². The number of nitro groups is 1. The molecule has 0 aliphatic carbocycles. The molecule has 0 aromatic heterocycles. The fraction of sp³-hybridized carbons (Fsp3) is 0.611. The number of rotatable bonds is 7. The van der Waals surface area contributed by atoms with Gasteiger partial charge in [-0.2, -0.15) is 0 Å². The highest BCUT2D eigenvalue weighted by atomic mass is 16.6. The summed E-state index contributed by atoms with van der Waals surface area (Å²) in [5.41, 5.74) is 0.749. The molecule has 2 rings (SSSR count). The Morgan fingerprint density at radius 3 is 2.58 bits per heavy atom. The maximum absolute atomic E-state index is 12.6. The Balaban J connectivity index is 2.11. The molecular weight excluding hydrogens is 308 g/mol. The second-order valence-electron chi connectivity index (χ2n) is 6.64. The number of carbonyl (C=O) groups is 1. The van der Waals surface area contributed by atoms with E-state index < -0.39 is 5.60 Å². The van der Waals surface area contributed by atoms with Crippen molar-refractivity contribution in [2.45, 2.75) is 64.5 Å². The highest BCUT2D eigenvalue weighted by molar-refractivity contribution is 5.77. The van der Waals surface area contributed by atoms with Gasteiger partial charge in [0.2, 0.25) is 5.91 Å². The van der Waals surface area contributed by atoms with Gasteiger partial charge in [0.1, 0.15) is 0 Å². The fourth-order valence-corrected chi connectivity index (χ4v) is 3.60. The van der Waals surface area contributed by atoms with Crippen LogP contribution in [0.3, 0.4) is 0 Å². The van der Waals surface area contributed by atoms with Gasteiger partial charge in [0.25, 0.3) is 5.69 Å². The SMILES string of the molecule is CCCC(O)(CCC)CC(=O)N1CCc2c(cccc2[N+](=O)[O-])C1. The Labute approximate surface area is 142 Å². The van der Waals surface area contributed by atoms with Crippen molar-refractivity contribution in [3.05, 3.63) is 39.4 Å². The standard InChI is InChI=1S/C18H26N2O4/c1-3-9-18(22,10-4-2)12-17(21)19-11-8-15-14(13-19)6-5-7-16(15)20(23)24/h5-7,22H,3-4,8-13H2,1-2H3. The first-order chi connectivity index (χ1) is 11.4. The normalized spacial score (nSPS) is 14.4. The van der Waals surface area contributed by atoms with Gasteiger partial charge in [-0.15, -0.1) is 0 Å². The summed E-state index contributed by atoms with van der Waals surface area (Å²) in [6.07, 6.45) is 3.50. The van der Waals surface area contributed by atoms with Crippen LogP contribution in [0.1, 0.15) is 57.1 Å². The van der Waals surface area contributed by atoms with Gasteiger partial charge in [-0.25, -0.2) is 0 Å². The van der Waals surface area contributed by atoms with Gasteiger partial charge in [-0.1, -0.05) is 38.8 Å². The summed E-state index contributed by atoms with van der Waals surface area (Å²) in [6, 6.07) is 5.01. The van der Waals surface area contributed by atoms with Crippen molar-refractivity contribution in [3.63, 3.8) is 0 Å². The summed E-state index contributed by atoms with van der Waals surface area (Å²) < 4.78 is 0. The van der Waals surface area contributed by atoms with E-state index in [-0.39, 0.29) is 22.9 Å². The quantitative estimate of drug-likeness (QED) is 0.613. The average molecular weight is 334 g/mol. The molecule has 0 bridgehead atoms. The van der Waals surface area contributed by atoms with E-state index in [9.17, 15) is 20.0 Å². The van der Waals surface area contributed by atoms with Gasteiger partial charge in [-0.05, 0) is 24.8 Å². The molecule has 1 heterocycles. The van der Waals surface area contributed by atoms with Gasteiger partial charge in [-0.3, -0.25) is 14.9 Å². The Bertz CT molecular complexity index is 609. The van der Waals surface area contributed by atoms with Crippen molar-refractivity contribution in [2.24, 2.45) is 0 Å². The molecule has 1 aliphatic rings. The van der Waals surface area contributed by atoms with Crippen LogP contribution in [0.4, 0.5) is 5.69 Å². The molecule has 1 N–H and O–H groups in total. The summed E-state index contributed by atoms with van der Waals surface area (Å²) in [5.74, 6) is -0.0726. The third-order valence-electron chi connectivity index (χ3n) is 4.70. The van der Waals surface area contributed by atoms with Crippen LogP contribution in [-0.2, 0) is 17.8 Å². The maximum atomic E-state index is 12.6. The molecule has 132 valence electrons. The predicted octanol–water partition coefficient (Wildman–Crippen LogP) is 3.20. The minimum Gasteiger partial charge on any atom is -0.389 e. The van der Waals surface area contributed by atoms with Crippen LogP contribution in [0.25, 0.3) is 0 Å². The zero-order valence-electron chi connectivity index (χ0n) is 14.5. The maximum Gasteiger partial charge on any atom is 0.272 e. The molecule has 1 aliphatic heterocycles. The van der Waals surface area contributed by atoms with E-state index in [1.54, 1.807) is 11.0 Å². The molecular formula is C18H26N2O4. The summed E-state index contributed by atoms with van der Waals surface area (Å²) in [7, 11) is 0. The third kappa shape index (κ3) is 4.12. The lowest BCUT2D eigenvalue weighted by Crippen LogP contribution is -2.41. The topological polar surface area (TPSA) is 83.7 Å². The van der Waals surface area contributed by atoms with Gasteiger partial charge < -0.3 is 10.0 Å². The summed E-state index contributed by atoms with van der Waals surface area (Å²) >= 11 is 0. The van der Waals surface area contributed by atoms with Crippen LogP contribution in [0.2, 0.25) is 0 Å². The first-order valence-electron chi connectivity index (χ1n) is 8.65. The fourth-order valence-electron chi connectivity index (χ4n) is 3.60. The van der Waals surface area contributed by atoms with E-state index in [4.69, 9.17) is 0 Å². The smallest absolute Gasteiger partial charge is 0.272 e. The molecule has 0 saturated heterocycles. The molecule has 0 spiro atoms. The predicted molar refractivity (Wildman–Crippen MR) is 91.6 cm³/mol. The van der Waals surface area contributed by atoms with Crippen molar-refractivity contribution in [3.8, 4) is 0 Å². The van der Waals surface area contributed by atoms with E-state index in [0.29, 0.717) is 32.4 Å². The Hall–Kier alpha value is -1.95. The number of nitro benzene ring substituents is 1. The largest absolute Gasteiger partial charge is 0.389 e. The molecule has 0 fully saturated rings. The zero-order valence-corrected chi connectivity index (χ0v) is 14.5. The van der Waals surface area contributed by atoms with E-state index in [2.05, 4.69) is 0 Å². The lowest BCUT2D eigenvalue weighted by molar-refractivity contribution is -0.385. The van der Waals surface area contributed by atoms with Crippen molar-refractivity contribution in [1.29, 1.82) is 0 Å². The van der Waals surface area contributed by atoms with Crippen molar-refractivity contribution >= 4 is 11.6 Å². The van der Waals surface area contributed by atoms with Gasteiger partial charge in [0.05, 0.1) is 16.9 Å². The van der Waals surface area contributed by atoms with Crippen molar-refractivity contribution in [1.82, 2.24) is 4.90 Å².